The smallest absolute Gasteiger partial charge is 0.305 e. The van der Waals surface area contributed by atoms with E-state index in [9.17, 15) is 4.79 Å². The minimum absolute atomic E-state index is 0.0614. The van der Waals surface area contributed by atoms with Gasteiger partial charge in [0, 0.05) is 25.0 Å². The molecule has 4 heteroatoms. The first-order valence-corrected chi connectivity index (χ1v) is 7.82. The van der Waals surface area contributed by atoms with Crippen molar-refractivity contribution < 1.29 is 9.53 Å². The molecule has 1 aliphatic rings. The second kappa shape index (κ2) is 9.32. The number of carbonyl (C=O) groups is 1. The molecule has 0 aromatic heterocycles. The van der Waals surface area contributed by atoms with Gasteiger partial charge in [0.1, 0.15) is 0 Å². The highest BCUT2D eigenvalue weighted by atomic mass is 16.5. The van der Waals surface area contributed by atoms with Gasteiger partial charge in [-0.3, -0.25) is 10.2 Å². The number of carbonyl (C=O) groups excluding carboxylic acids is 1. The van der Waals surface area contributed by atoms with Crippen molar-refractivity contribution in [2.75, 3.05) is 13.2 Å². The van der Waals surface area contributed by atoms with E-state index >= 15 is 0 Å². The number of ether oxygens (including phenoxy) is 1. The number of unbranched alkanes of at least 4 members (excludes halogenated alkanes) is 2. The second-order valence-corrected chi connectivity index (χ2v) is 5.56. The second-order valence-electron chi connectivity index (χ2n) is 5.56. The molecular weight excluding hydrogens is 240 g/mol. The summed E-state index contributed by atoms with van der Waals surface area (Å²) in [7, 11) is 0. The molecule has 19 heavy (non-hydrogen) atoms. The van der Waals surface area contributed by atoms with Crippen LogP contribution >= 0.6 is 0 Å². The Balaban J connectivity index is 2.02. The van der Waals surface area contributed by atoms with E-state index in [1.54, 1.807) is 0 Å². The quantitative estimate of drug-likeness (QED) is 0.544. The van der Waals surface area contributed by atoms with Crippen molar-refractivity contribution in [3.63, 3.8) is 0 Å². The lowest BCUT2D eigenvalue weighted by molar-refractivity contribution is -0.143. The number of hydrogen-bond donors (Lipinski definition) is 1. The van der Waals surface area contributed by atoms with Gasteiger partial charge in [0.05, 0.1) is 6.61 Å². The molecule has 1 heterocycles. The zero-order valence-electron chi connectivity index (χ0n) is 12.8. The minimum Gasteiger partial charge on any atom is -0.466 e. The maximum absolute atomic E-state index is 11.2. The lowest BCUT2D eigenvalue weighted by Gasteiger charge is -2.39. The molecule has 0 spiro atoms. The van der Waals surface area contributed by atoms with Crippen LogP contribution in [0.3, 0.4) is 0 Å². The summed E-state index contributed by atoms with van der Waals surface area (Å²) < 4.78 is 4.91. The van der Waals surface area contributed by atoms with Crippen LogP contribution in [-0.2, 0) is 9.53 Å². The number of nitrogens with zero attached hydrogens (tertiary/aromatic N) is 1. The third-order valence-electron chi connectivity index (χ3n) is 3.85. The molecule has 1 fully saturated rings. The van der Waals surface area contributed by atoms with Crippen LogP contribution < -0.4 is 5.43 Å². The van der Waals surface area contributed by atoms with Crippen LogP contribution in [0.1, 0.15) is 65.7 Å². The first kappa shape index (κ1) is 16.4. The molecule has 1 saturated heterocycles. The average molecular weight is 270 g/mol. The number of piperidine rings is 1. The summed E-state index contributed by atoms with van der Waals surface area (Å²) >= 11 is 0. The largest absolute Gasteiger partial charge is 0.466 e. The molecule has 1 aliphatic heterocycles. The molecule has 2 atom stereocenters. The fourth-order valence-electron chi connectivity index (χ4n) is 2.75. The van der Waals surface area contributed by atoms with Crippen molar-refractivity contribution >= 4 is 5.97 Å². The topological polar surface area (TPSA) is 41.6 Å². The van der Waals surface area contributed by atoms with Crippen LogP contribution in [-0.4, -0.2) is 36.2 Å². The molecule has 112 valence electrons. The highest BCUT2D eigenvalue weighted by Crippen LogP contribution is 2.20. The zero-order valence-corrected chi connectivity index (χ0v) is 12.8. The van der Waals surface area contributed by atoms with Crippen LogP contribution in [0.4, 0.5) is 0 Å². The molecule has 0 saturated carbocycles. The van der Waals surface area contributed by atoms with Crippen molar-refractivity contribution in [1.82, 2.24) is 10.4 Å². The summed E-state index contributed by atoms with van der Waals surface area (Å²) in [5, 5.41) is 2.41. The predicted octanol–water partition coefficient (Wildman–Crippen LogP) is 2.88. The molecule has 2 unspecified atom stereocenters. The van der Waals surface area contributed by atoms with E-state index in [2.05, 4.69) is 24.3 Å². The number of rotatable bonds is 8. The number of hydrazine groups is 1. The molecule has 0 radical (unpaired) electrons. The van der Waals surface area contributed by atoms with E-state index in [1.807, 2.05) is 6.92 Å². The van der Waals surface area contributed by atoms with Crippen LogP contribution in [0.15, 0.2) is 0 Å². The summed E-state index contributed by atoms with van der Waals surface area (Å²) in [5.74, 6) is -0.0614. The SMILES string of the molecule is CCOC(=O)CCCCCNN1C(C)CCCC1C. The average Bonchev–Trinajstić information content (AvgIpc) is 2.36. The standard InChI is InChI=1S/C15H30N2O2/c1-4-19-15(18)11-6-5-7-12-16-17-13(2)9-8-10-14(17)3/h13-14,16H,4-12H2,1-3H3. The Morgan fingerprint density at radius 1 is 1.21 bits per heavy atom. The fourth-order valence-corrected chi connectivity index (χ4v) is 2.75. The maximum Gasteiger partial charge on any atom is 0.305 e. The Kier molecular flexibility index (Phi) is 8.07. The first-order chi connectivity index (χ1) is 9.15. The fraction of sp³-hybridized carbons (Fsp3) is 0.933. The Hall–Kier alpha value is -0.610. The van der Waals surface area contributed by atoms with Gasteiger partial charge in [-0.1, -0.05) is 12.8 Å². The van der Waals surface area contributed by atoms with E-state index in [4.69, 9.17) is 4.74 Å². The summed E-state index contributed by atoms with van der Waals surface area (Å²) in [6.45, 7) is 7.94. The van der Waals surface area contributed by atoms with Gasteiger partial charge >= 0.3 is 5.97 Å². The Morgan fingerprint density at radius 2 is 1.89 bits per heavy atom. The van der Waals surface area contributed by atoms with E-state index in [-0.39, 0.29) is 5.97 Å². The zero-order chi connectivity index (χ0) is 14.1. The maximum atomic E-state index is 11.2. The summed E-state index contributed by atoms with van der Waals surface area (Å²) in [6.07, 6.45) is 7.63. The van der Waals surface area contributed by atoms with E-state index < -0.39 is 0 Å². The van der Waals surface area contributed by atoms with Crippen LogP contribution in [0.5, 0.6) is 0 Å². The predicted molar refractivity (Wildman–Crippen MR) is 77.7 cm³/mol. The molecular formula is C15H30N2O2. The molecule has 0 bridgehead atoms. The van der Waals surface area contributed by atoms with Gasteiger partial charge in [-0.2, -0.15) is 0 Å². The van der Waals surface area contributed by atoms with Gasteiger partial charge in [-0.15, -0.1) is 0 Å². The number of esters is 1. The monoisotopic (exact) mass is 270 g/mol. The number of nitrogens with one attached hydrogen (secondary N) is 1. The van der Waals surface area contributed by atoms with Crippen molar-refractivity contribution in [3.05, 3.63) is 0 Å². The van der Waals surface area contributed by atoms with Gasteiger partial charge in [-0.05, 0) is 46.5 Å². The summed E-state index contributed by atoms with van der Waals surface area (Å²) in [6, 6.07) is 1.28. The Bertz CT molecular complexity index is 249. The van der Waals surface area contributed by atoms with Crippen molar-refractivity contribution in [2.45, 2.75) is 77.8 Å². The highest BCUT2D eigenvalue weighted by Gasteiger charge is 2.23. The number of hydrogen-bond acceptors (Lipinski definition) is 4. The molecule has 1 rings (SSSR count). The van der Waals surface area contributed by atoms with Crippen LogP contribution in [0.25, 0.3) is 0 Å². The molecule has 0 aromatic rings. The summed E-state index contributed by atoms with van der Waals surface area (Å²) in [5.41, 5.74) is 3.55. The molecule has 4 nitrogen and oxygen atoms in total. The molecule has 0 amide bonds. The molecule has 0 aromatic carbocycles. The Labute approximate surface area is 117 Å². The van der Waals surface area contributed by atoms with Crippen LogP contribution in [0, 0.1) is 0 Å². The Morgan fingerprint density at radius 3 is 2.53 bits per heavy atom. The van der Waals surface area contributed by atoms with Crippen LogP contribution in [0.2, 0.25) is 0 Å². The summed E-state index contributed by atoms with van der Waals surface area (Å²) in [4.78, 5) is 11.2. The van der Waals surface area contributed by atoms with E-state index in [0.29, 0.717) is 25.1 Å². The van der Waals surface area contributed by atoms with Gasteiger partial charge < -0.3 is 4.74 Å². The highest BCUT2D eigenvalue weighted by molar-refractivity contribution is 5.69. The van der Waals surface area contributed by atoms with E-state index in [1.165, 1.54) is 19.3 Å². The first-order valence-electron chi connectivity index (χ1n) is 7.82. The van der Waals surface area contributed by atoms with Crippen molar-refractivity contribution in [2.24, 2.45) is 0 Å². The van der Waals surface area contributed by atoms with E-state index in [0.717, 1.165) is 25.8 Å². The third-order valence-corrected chi connectivity index (χ3v) is 3.85. The van der Waals surface area contributed by atoms with Crippen molar-refractivity contribution in [1.29, 1.82) is 0 Å². The van der Waals surface area contributed by atoms with Gasteiger partial charge in [0.25, 0.3) is 0 Å². The lowest BCUT2D eigenvalue weighted by atomic mass is 10.00. The lowest BCUT2D eigenvalue weighted by Crippen LogP contribution is -2.52. The third kappa shape index (κ3) is 6.39. The molecule has 1 N–H and O–H groups in total. The van der Waals surface area contributed by atoms with Gasteiger partial charge in [0.2, 0.25) is 0 Å². The van der Waals surface area contributed by atoms with Gasteiger partial charge in [-0.25, -0.2) is 5.01 Å². The van der Waals surface area contributed by atoms with Crippen molar-refractivity contribution in [3.8, 4) is 0 Å². The molecule has 0 aliphatic carbocycles. The minimum atomic E-state index is -0.0614. The van der Waals surface area contributed by atoms with Gasteiger partial charge in [0.15, 0.2) is 0 Å². The normalized spacial score (nSPS) is 24.4.